The first-order valence-corrected chi connectivity index (χ1v) is 10.1. The van der Waals surface area contributed by atoms with Crippen LogP contribution in [0.1, 0.15) is 31.8 Å². The Morgan fingerprint density at radius 2 is 1.59 bits per heavy atom. The average Bonchev–Trinajstić information content (AvgIpc) is 2.78. The van der Waals surface area contributed by atoms with Gasteiger partial charge in [-0.25, -0.2) is 0 Å². The number of carbonyl (C=O) groups is 3. The van der Waals surface area contributed by atoms with Crippen molar-refractivity contribution >= 4 is 35.0 Å². The second-order valence-electron chi connectivity index (χ2n) is 6.99. The molecule has 0 atom stereocenters. The van der Waals surface area contributed by atoms with E-state index in [4.69, 9.17) is 16.3 Å². The zero-order valence-electron chi connectivity index (χ0n) is 17.6. The Labute approximate surface area is 190 Å². The van der Waals surface area contributed by atoms with Crippen LogP contribution in [0.4, 0.5) is 5.69 Å². The average molecular weight is 452 g/mol. The summed E-state index contributed by atoms with van der Waals surface area (Å²) in [5, 5.41) is 3.20. The van der Waals surface area contributed by atoms with Crippen molar-refractivity contribution in [1.29, 1.82) is 0 Å². The maximum atomic E-state index is 12.3. The largest absolute Gasteiger partial charge is 0.495 e. The van der Waals surface area contributed by atoms with E-state index in [1.54, 1.807) is 54.6 Å². The molecule has 3 aromatic carbocycles. The number of hydrazine groups is 1. The number of anilines is 1. The minimum atomic E-state index is -0.474. The Morgan fingerprint density at radius 3 is 2.25 bits per heavy atom. The smallest absolute Gasteiger partial charge is 0.269 e. The molecule has 0 saturated carbocycles. The fourth-order valence-corrected chi connectivity index (χ4v) is 3.28. The molecule has 164 valence electrons. The quantitative estimate of drug-likeness (QED) is 0.495. The van der Waals surface area contributed by atoms with Crippen LogP contribution in [-0.2, 0) is 11.2 Å². The van der Waals surface area contributed by atoms with Gasteiger partial charge in [0, 0.05) is 16.8 Å². The number of hydrogen-bond acceptors (Lipinski definition) is 4. The summed E-state index contributed by atoms with van der Waals surface area (Å²) in [6.45, 7) is 1.81. The van der Waals surface area contributed by atoms with E-state index in [2.05, 4.69) is 16.2 Å². The first-order valence-electron chi connectivity index (χ1n) is 9.76. The first-order chi connectivity index (χ1) is 15.4. The van der Waals surface area contributed by atoms with Crippen molar-refractivity contribution in [1.82, 2.24) is 10.9 Å². The standard InChI is InChI=1S/C24H22ClN3O4/c1-15-5-3-4-6-19(15)24(31)28-27-23(30)17-8-10-18(11-9-17)26-22(29)14-16-7-12-21(32-2)20(25)13-16/h3-13H,14H2,1-2H3,(H,26,29)(H,27,30)(H,28,31). The minimum absolute atomic E-state index is 0.136. The summed E-state index contributed by atoms with van der Waals surface area (Å²) < 4.78 is 5.10. The van der Waals surface area contributed by atoms with Crippen LogP contribution in [0, 0.1) is 6.92 Å². The van der Waals surface area contributed by atoms with Crippen LogP contribution in [-0.4, -0.2) is 24.8 Å². The molecule has 0 spiro atoms. The second kappa shape index (κ2) is 10.5. The molecule has 0 fully saturated rings. The van der Waals surface area contributed by atoms with Crippen molar-refractivity contribution in [3.63, 3.8) is 0 Å². The third-order valence-corrected chi connectivity index (χ3v) is 4.99. The highest BCUT2D eigenvalue weighted by atomic mass is 35.5. The van der Waals surface area contributed by atoms with Gasteiger partial charge < -0.3 is 10.1 Å². The first kappa shape index (κ1) is 22.8. The van der Waals surface area contributed by atoms with Gasteiger partial charge in [0.2, 0.25) is 5.91 Å². The molecule has 0 bridgehead atoms. The zero-order chi connectivity index (χ0) is 23.1. The van der Waals surface area contributed by atoms with E-state index < -0.39 is 11.8 Å². The summed E-state index contributed by atoms with van der Waals surface area (Å²) in [7, 11) is 1.52. The van der Waals surface area contributed by atoms with Crippen molar-refractivity contribution in [3.05, 3.63) is 94.0 Å². The molecule has 0 heterocycles. The third kappa shape index (κ3) is 5.86. The summed E-state index contributed by atoms with van der Waals surface area (Å²) in [4.78, 5) is 36.8. The van der Waals surface area contributed by atoms with Crippen molar-refractivity contribution < 1.29 is 19.1 Å². The van der Waals surface area contributed by atoms with E-state index >= 15 is 0 Å². The maximum Gasteiger partial charge on any atom is 0.269 e. The second-order valence-corrected chi connectivity index (χ2v) is 7.40. The summed E-state index contributed by atoms with van der Waals surface area (Å²) in [5.74, 6) is -0.564. The van der Waals surface area contributed by atoms with Crippen molar-refractivity contribution in [3.8, 4) is 5.75 Å². The van der Waals surface area contributed by atoms with Gasteiger partial charge in [-0.3, -0.25) is 25.2 Å². The Bertz CT molecular complexity index is 1150. The summed E-state index contributed by atoms with van der Waals surface area (Å²) in [6.07, 6.45) is 0.136. The van der Waals surface area contributed by atoms with E-state index in [0.29, 0.717) is 27.6 Å². The molecule has 0 unspecified atom stereocenters. The molecule has 0 radical (unpaired) electrons. The van der Waals surface area contributed by atoms with Crippen LogP contribution in [0.5, 0.6) is 5.75 Å². The van der Waals surface area contributed by atoms with Crippen molar-refractivity contribution in [2.45, 2.75) is 13.3 Å². The van der Waals surface area contributed by atoms with Crippen LogP contribution >= 0.6 is 11.6 Å². The molecule has 0 aliphatic heterocycles. The van der Waals surface area contributed by atoms with Gasteiger partial charge in [0.1, 0.15) is 5.75 Å². The predicted molar refractivity (Wildman–Crippen MR) is 123 cm³/mol. The van der Waals surface area contributed by atoms with Crippen molar-refractivity contribution in [2.24, 2.45) is 0 Å². The molecule has 0 aliphatic carbocycles. The fraction of sp³-hybridized carbons (Fsp3) is 0.125. The van der Waals surface area contributed by atoms with Crippen molar-refractivity contribution in [2.75, 3.05) is 12.4 Å². The Kier molecular flexibility index (Phi) is 7.46. The van der Waals surface area contributed by atoms with Gasteiger partial charge in [0.15, 0.2) is 0 Å². The normalized spacial score (nSPS) is 10.2. The molecular weight excluding hydrogens is 430 g/mol. The van der Waals surface area contributed by atoms with Gasteiger partial charge >= 0.3 is 0 Å². The highest BCUT2D eigenvalue weighted by molar-refractivity contribution is 6.32. The number of methoxy groups -OCH3 is 1. The molecule has 8 heteroatoms. The lowest BCUT2D eigenvalue weighted by atomic mass is 10.1. The van der Waals surface area contributed by atoms with Gasteiger partial charge in [-0.15, -0.1) is 0 Å². The summed E-state index contributed by atoms with van der Waals surface area (Å²) >= 11 is 6.09. The number of rotatable bonds is 6. The van der Waals surface area contributed by atoms with Crippen LogP contribution in [0.25, 0.3) is 0 Å². The lowest BCUT2D eigenvalue weighted by molar-refractivity contribution is -0.115. The highest BCUT2D eigenvalue weighted by Gasteiger charge is 2.12. The van der Waals surface area contributed by atoms with E-state index in [1.807, 2.05) is 19.1 Å². The summed E-state index contributed by atoms with van der Waals surface area (Å²) in [5.41, 5.74) is 7.67. The molecule has 7 nitrogen and oxygen atoms in total. The molecule has 3 aromatic rings. The highest BCUT2D eigenvalue weighted by Crippen LogP contribution is 2.25. The van der Waals surface area contributed by atoms with Gasteiger partial charge in [0.25, 0.3) is 11.8 Å². The topological polar surface area (TPSA) is 96.5 Å². The van der Waals surface area contributed by atoms with Crippen LogP contribution in [0.15, 0.2) is 66.7 Å². The lowest BCUT2D eigenvalue weighted by Gasteiger charge is -2.10. The maximum absolute atomic E-state index is 12.3. The Hall–Kier alpha value is -3.84. The number of halogens is 1. The number of ether oxygens (including phenoxy) is 1. The number of amides is 3. The predicted octanol–water partition coefficient (Wildman–Crippen LogP) is 3.91. The number of nitrogens with one attached hydrogen (secondary N) is 3. The van der Waals surface area contributed by atoms with Gasteiger partial charge in [-0.05, 0) is 60.5 Å². The van der Waals surface area contributed by atoms with Gasteiger partial charge in [0.05, 0.1) is 18.6 Å². The van der Waals surface area contributed by atoms with E-state index in [-0.39, 0.29) is 12.3 Å². The fourth-order valence-electron chi connectivity index (χ4n) is 3.00. The molecule has 0 saturated heterocycles. The number of benzene rings is 3. The number of aryl methyl sites for hydroxylation is 1. The van der Waals surface area contributed by atoms with Crippen LogP contribution < -0.4 is 20.9 Å². The molecule has 0 aliphatic rings. The molecule has 3 rings (SSSR count). The van der Waals surface area contributed by atoms with Gasteiger partial charge in [-0.2, -0.15) is 0 Å². The Balaban J connectivity index is 1.53. The number of hydrogen-bond donors (Lipinski definition) is 3. The molecule has 0 aromatic heterocycles. The SMILES string of the molecule is COc1ccc(CC(=O)Nc2ccc(C(=O)NNC(=O)c3ccccc3C)cc2)cc1Cl. The lowest BCUT2D eigenvalue weighted by Crippen LogP contribution is -2.41. The van der Waals surface area contributed by atoms with Crippen LogP contribution in [0.3, 0.4) is 0 Å². The Morgan fingerprint density at radius 1 is 0.906 bits per heavy atom. The molecule has 32 heavy (non-hydrogen) atoms. The van der Waals surface area contributed by atoms with Crippen LogP contribution in [0.2, 0.25) is 5.02 Å². The molecule has 3 amide bonds. The van der Waals surface area contributed by atoms with E-state index in [0.717, 1.165) is 11.1 Å². The number of carbonyl (C=O) groups excluding carboxylic acids is 3. The molecule has 3 N–H and O–H groups in total. The third-order valence-electron chi connectivity index (χ3n) is 4.69. The van der Waals surface area contributed by atoms with Gasteiger partial charge in [-0.1, -0.05) is 35.9 Å². The minimum Gasteiger partial charge on any atom is -0.495 e. The van der Waals surface area contributed by atoms with E-state index in [9.17, 15) is 14.4 Å². The monoisotopic (exact) mass is 451 g/mol. The zero-order valence-corrected chi connectivity index (χ0v) is 18.3. The van der Waals surface area contributed by atoms with E-state index in [1.165, 1.54) is 7.11 Å². The molecular formula is C24H22ClN3O4. The summed E-state index contributed by atoms with van der Waals surface area (Å²) in [6, 6.07) is 18.5.